The molecule has 0 amide bonds. The van der Waals surface area contributed by atoms with Crippen molar-refractivity contribution < 1.29 is 0 Å². The maximum atomic E-state index is 5.96. The SMILES string of the molecule is Clc1ccc(C2(CN3CCNCC3)CC2)cc1. The maximum Gasteiger partial charge on any atom is 0.0406 e. The molecule has 0 unspecified atom stereocenters. The first-order valence-electron chi connectivity index (χ1n) is 6.48. The molecule has 1 saturated heterocycles. The minimum atomic E-state index is 0.432. The largest absolute Gasteiger partial charge is 0.314 e. The Hall–Kier alpha value is -0.570. The fourth-order valence-corrected chi connectivity index (χ4v) is 2.92. The van der Waals surface area contributed by atoms with Crippen LogP contribution < -0.4 is 5.32 Å². The molecule has 3 heteroatoms. The zero-order valence-corrected chi connectivity index (χ0v) is 10.8. The summed E-state index contributed by atoms with van der Waals surface area (Å²) in [6.45, 7) is 5.87. The number of nitrogens with zero attached hydrogens (tertiary/aromatic N) is 1. The van der Waals surface area contributed by atoms with Crippen LogP contribution in [0.25, 0.3) is 0 Å². The summed E-state index contributed by atoms with van der Waals surface area (Å²) >= 11 is 5.96. The van der Waals surface area contributed by atoms with Gasteiger partial charge in [0, 0.05) is 43.2 Å². The van der Waals surface area contributed by atoms with E-state index in [2.05, 4.69) is 22.3 Å². The molecule has 1 aromatic rings. The van der Waals surface area contributed by atoms with E-state index in [1.165, 1.54) is 38.0 Å². The van der Waals surface area contributed by atoms with Crippen LogP contribution in [0.4, 0.5) is 0 Å². The maximum absolute atomic E-state index is 5.96. The number of halogens is 1. The zero-order valence-electron chi connectivity index (χ0n) is 10.1. The van der Waals surface area contributed by atoms with E-state index in [0.717, 1.165) is 18.1 Å². The summed E-state index contributed by atoms with van der Waals surface area (Å²) in [5.74, 6) is 0. The first-order valence-corrected chi connectivity index (χ1v) is 6.85. The van der Waals surface area contributed by atoms with Crippen molar-refractivity contribution in [2.24, 2.45) is 0 Å². The molecule has 2 aliphatic rings. The highest BCUT2D eigenvalue weighted by atomic mass is 35.5. The molecule has 17 heavy (non-hydrogen) atoms. The van der Waals surface area contributed by atoms with E-state index in [1.807, 2.05) is 12.1 Å². The van der Waals surface area contributed by atoms with Gasteiger partial charge < -0.3 is 5.32 Å². The predicted molar refractivity (Wildman–Crippen MR) is 71.7 cm³/mol. The van der Waals surface area contributed by atoms with Gasteiger partial charge in [0.2, 0.25) is 0 Å². The van der Waals surface area contributed by atoms with E-state index >= 15 is 0 Å². The standard InChI is InChI=1S/C14H19ClN2/c15-13-3-1-12(2-4-13)14(5-6-14)11-17-9-7-16-8-10-17/h1-4,16H,5-11H2. The highest BCUT2D eigenvalue weighted by molar-refractivity contribution is 6.30. The molecule has 0 radical (unpaired) electrons. The molecule has 1 aromatic carbocycles. The van der Waals surface area contributed by atoms with Gasteiger partial charge in [0.1, 0.15) is 0 Å². The third-order valence-corrected chi connectivity index (χ3v) is 4.30. The van der Waals surface area contributed by atoms with Crippen LogP contribution in [-0.2, 0) is 5.41 Å². The van der Waals surface area contributed by atoms with Crippen molar-refractivity contribution in [1.82, 2.24) is 10.2 Å². The highest BCUT2D eigenvalue weighted by Gasteiger charge is 2.45. The van der Waals surface area contributed by atoms with Crippen molar-refractivity contribution in [3.05, 3.63) is 34.9 Å². The summed E-state index contributed by atoms with van der Waals surface area (Å²) in [7, 11) is 0. The summed E-state index contributed by atoms with van der Waals surface area (Å²) < 4.78 is 0. The fraction of sp³-hybridized carbons (Fsp3) is 0.571. The van der Waals surface area contributed by atoms with Gasteiger partial charge in [-0.2, -0.15) is 0 Å². The van der Waals surface area contributed by atoms with Crippen LogP contribution in [0.3, 0.4) is 0 Å². The van der Waals surface area contributed by atoms with Gasteiger partial charge in [-0.25, -0.2) is 0 Å². The van der Waals surface area contributed by atoms with E-state index in [9.17, 15) is 0 Å². The van der Waals surface area contributed by atoms with Gasteiger partial charge >= 0.3 is 0 Å². The Morgan fingerprint density at radius 1 is 1.12 bits per heavy atom. The average molecular weight is 251 g/mol. The lowest BCUT2D eigenvalue weighted by Gasteiger charge is -2.31. The third-order valence-electron chi connectivity index (χ3n) is 4.05. The lowest BCUT2D eigenvalue weighted by atomic mass is 9.95. The Balaban J connectivity index is 1.70. The van der Waals surface area contributed by atoms with Gasteiger partial charge in [-0.05, 0) is 30.5 Å². The normalized spacial score (nSPS) is 23.6. The number of hydrogen-bond donors (Lipinski definition) is 1. The lowest BCUT2D eigenvalue weighted by molar-refractivity contribution is 0.221. The first kappa shape index (κ1) is 11.5. The Bertz CT molecular complexity index is 378. The Labute approximate surface area is 108 Å². The summed E-state index contributed by atoms with van der Waals surface area (Å²) in [5, 5.41) is 4.25. The molecule has 1 N–H and O–H groups in total. The molecular formula is C14H19ClN2. The number of benzene rings is 1. The molecule has 2 nitrogen and oxygen atoms in total. The molecule has 1 saturated carbocycles. The van der Waals surface area contributed by atoms with Crippen LogP contribution in [0.15, 0.2) is 24.3 Å². The Kier molecular flexibility index (Phi) is 3.12. The minimum absolute atomic E-state index is 0.432. The minimum Gasteiger partial charge on any atom is -0.314 e. The first-order chi connectivity index (χ1) is 8.28. The van der Waals surface area contributed by atoms with Crippen molar-refractivity contribution in [3.63, 3.8) is 0 Å². The molecule has 0 aromatic heterocycles. The Morgan fingerprint density at radius 3 is 2.35 bits per heavy atom. The highest BCUT2D eigenvalue weighted by Crippen LogP contribution is 2.48. The smallest absolute Gasteiger partial charge is 0.0406 e. The molecule has 1 aliphatic carbocycles. The zero-order chi connectivity index (χ0) is 11.7. The Morgan fingerprint density at radius 2 is 1.76 bits per heavy atom. The van der Waals surface area contributed by atoms with Crippen LogP contribution in [-0.4, -0.2) is 37.6 Å². The topological polar surface area (TPSA) is 15.3 Å². The summed E-state index contributed by atoms with van der Waals surface area (Å²) in [6, 6.07) is 8.46. The molecule has 1 aliphatic heterocycles. The number of hydrogen-bond acceptors (Lipinski definition) is 2. The van der Waals surface area contributed by atoms with Gasteiger partial charge in [0.15, 0.2) is 0 Å². The predicted octanol–water partition coefficient (Wildman–Crippen LogP) is 2.28. The molecular weight excluding hydrogens is 232 g/mol. The van der Waals surface area contributed by atoms with Crippen molar-refractivity contribution in [2.75, 3.05) is 32.7 Å². The quantitative estimate of drug-likeness (QED) is 0.886. The van der Waals surface area contributed by atoms with Crippen molar-refractivity contribution in [1.29, 1.82) is 0 Å². The van der Waals surface area contributed by atoms with Crippen molar-refractivity contribution in [3.8, 4) is 0 Å². The van der Waals surface area contributed by atoms with Crippen LogP contribution in [0.1, 0.15) is 18.4 Å². The number of piperazine rings is 1. The monoisotopic (exact) mass is 250 g/mol. The molecule has 0 bridgehead atoms. The van der Waals surface area contributed by atoms with E-state index in [1.54, 1.807) is 0 Å². The van der Waals surface area contributed by atoms with E-state index in [4.69, 9.17) is 11.6 Å². The number of rotatable bonds is 3. The van der Waals surface area contributed by atoms with Gasteiger partial charge in [0.05, 0.1) is 0 Å². The molecule has 92 valence electrons. The van der Waals surface area contributed by atoms with E-state index in [0.29, 0.717) is 5.41 Å². The summed E-state index contributed by atoms with van der Waals surface area (Å²) in [6.07, 6.45) is 2.66. The second kappa shape index (κ2) is 4.60. The molecule has 0 spiro atoms. The molecule has 2 fully saturated rings. The van der Waals surface area contributed by atoms with Crippen LogP contribution in [0.5, 0.6) is 0 Å². The van der Waals surface area contributed by atoms with Crippen molar-refractivity contribution >= 4 is 11.6 Å². The van der Waals surface area contributed by atoms with Gasteiger partial charge in [-0.1, -0.05) is 23.7 Å². The lowest BCUT2D eigenvalue weighted by Crippen LogP contribution is -2.46. The summed E-state index contributed by atoms with van der Waals surface area (Å²) in [4.78, 5) is 2.60. The second-order valence-electron chi connectivity index (χ2n) is 5.31. The van der Waals surface area contributed by atoms with E-state index in [-0.39, 0.29) is 0 Å². The van der Waals surface area contributed by atoms with Gasteiger partial charge in [-0.3, -0.25) is 4.90 Å². The third kappa shape index (κ3) is 2.49. The van der Waals surface area contributed by atoms with Gasteiger partial charge in [0.25, 0.3) is 0 Å². The molecule has 1 heterocycles. The van der Waals surface area contributed by atoms with E-state index < -0.39 is 0 Å². The van der Waals surface area contributed by atoms with Crippen LogP contribution in [0.2, 0.25) is 5.02 Å². The fourth-order valence-electron chi connectivity index (χ4n) is 2.79. The number of nitrogens with one attached hydrogen (secondary N) is 1. The molecule has 0 atom stereocenters. The van der Waals surface area contributed by atoms with Crippen LogP contribution >= 0.6 is 11.6 Å². The van der Waals surface area contributed by atoms with Crippen molar-refractivity contribution in [2.45, 2.75) is 18.3 Å². The average Bonchev–Trinajstić information content (AvgIpc) is 3.12. The molecule has 3 rings (SSSR count). The summed E-state index contributed by atoms with van der Waals surface area (Å²) in [5.41, 5.74) is 1.91. The second-order valence-corrected chi connectivity index (χ2v) is 5.75. The van der Waals surface area contributed by atoms with Gasteiger partial charge in [-0.15, -0.1) is 0 Å². The van der Waals surface area contributed by atoms with Crippen LogP contribution in [0, 0.1) is 0 Å².